The number of nitrogens with one attached hydrogen (secondary N) is 2. The highest BCUT2D eigenvalue weighted by Crippen LogP contribution is 2.33. The molecule has 0 saturated carbocycles. The van der Waals surface area contributed by atoms with E-state index in [9.17, 15) is 4.21 Å². The van der Waals surface area contributed by atoms with Gasteiger partial charge in [0.05, 0.1) is 11.4 Å². The lowest BCUT2D eigenvalue weighted by atomic mass is 10.3. The topological polar surface area (TPSA) is 59.0 Å². The van der Waals surface area contributed by atoms with E-state index in [1.807, 2.05) is 37.3 Å². The zero-order chi connectivity index (χ0) is 11.1. The van der Waals surface area contributed by atoms with Crippen molar-refractivity contribution in [3.63, 3.8) is 0 Å². The number of aryl methyl sites for hydroxylation is 1. The molecule has 1 aromatic heterocycles. The van der Waals surface area contributed by atoms with Crippen LogP contribution in [0.5, 0.6) is 0 Å². The zero-order valence-corrected chi connectivity index (χ0v) is 9.41. The average Bonchev–Trinajstić information content (AvgIpc) is 2.80. The van der Waals surface area contributed by atoms with E-state index in [1.165, 1.54) is 0 Å². The van der Waals surface area contributed by atoms with Gasteiger partial charge in [-0.05, 0) is 19.1 Å². The second-order valence-corrected chi connectivity index (χ2v) is 4.47. The molecule has 1 atom stereocenters. The van der Waals surface area contributed by atoms with E-state index >= 15 is 0 Å². The fourth-order valence-electron chi connectivity index (χ4n) is 1.71. The van der Waals surface area contributed by atoms with E-state index in [-0.39, 0.29) is 0 Å². The molecule has 0 spiro atoms. The first kappa shape index (κ1) is 9.41. The summed E-state index contributed by atoms with van der Waals surface area (Å²) in [6.45, 7) is 1.88. The summed E-state index contributed by atoms with van der Waals surface area (Å²) in [6.07, 6.45) is 0. The van der Waals surface area contributed by atoms with Gasteiger partial charge in [-0.2, -0.15) is 5.10 Å². The Bertz CT molecular complexity index is 564. The molecule has 6 heteroatoms. The van der Waals surface area contributed by atoms with Gasteiger partial charge in [-0.1, -0.05) is 18.2 Å². The number of hydrogen-bond donors (Lipinski definition) is 2. The number of anilines is 2. The first-order chi connectivity index (χ1) is 7.75. The lowest BCUT2D eigenvalue weighted by Gasteiger charge is -2.03. The Morgan fingerprint density at radius 2 is 2.00 bits per heavy atom. The van der Waals surface area contributed by atoms with E-state index in [4.69, 9.17) is 0 Å². The van der Waals surface area contributed by atoms with Crippen molar-refractivity contribution >= 4 is 22.7 Å². The quantitative estimate of drug-likeness (QED) is 0.787. The number of nitrogens with zero attached hydrogens (tertiary/aromatic N) is 2. The SMILES string of the molecule is Cc1nn(-c2ccccc2)c2c1N[S@@](=O)N2. The molecular formula is C10H10N4OS. The van der Waals surface area contributed by atoms with Crippen LogP contribution in [-0.2, 0) is 11.2 Å². The fourth-order valence-corrected chi connectivity index (χ4v) is 2.55. The Balaban J connectivity index is 2.17. The standard InChI is InChI=1S/C10H10N4OS/c1-7-9-10(13-16(15)12-9)14(11-7)8-5-3-2-4-6-8/h2-6,12-13H,1H3/t16-/m1/s1. The highest BCUT2D eigenvalue weighted by Gasteiger charge is 2.24. The lowest BCUT2D eigenvalue weighted by Crippen LogP contribution is -2.08. The molecule has 0 saturated heterocycles. The van der Waals surface area contributed by atoms with Gasteiger partial charge in [0, 0.05) is 0 Å². The van der Waals surface area contributed by atoms with Crippen LogP contribution in [0.25, 0.3) is 5.69 Å². The van der Waals surface area contributed by atoms with Crippen molar-refractivity contribution in [3.05, 3.63) is 36.0 Å². The third-order valence-electron chi connectivity index (χ3n) is 2.45. The third kappa shape index (κ3) is 1.30. The van der Waals surface area contributed by atoms with Gasteiger partial charge in [0.25, 0.3) is 0 Å². The lowest BCUT2D eigenvalue weighted by molar-refractivity contribution is 0.689. The fraction of sp³-hybridized carbons (Fsp3) is 0.100. The summed E-state index contributed by atoms with van der Waals surface area (Å²) in [5.41, 5.74) is 2.58. The van der Waals surface area contributed by atoms with Crippen molar-refractivity contribution < 1.29 is 4.21 Å². The summed E-state index contributed by atoms with van der Waals surface area (Å²) < 4.78 is 18.8. The summed E-state index contributed by atoms with van der Waals surface area (Å²) in [5.74, 6) is 0.752. The predicted molar refractivity (Wildman–Crippen MR) is 63.7 cm³/mol. The highest BCUT2D eigenvalue weighted by atomic mass is 32.2. The molecule has 0 aliphatic carbocycles. The molecule has 3 rings (SSSR count). The van der Waals surface area contributed by atoms with Crippen LogP contribution in [-0.4, -0.2) is 14.0 Å². The van der Waals surface area contributed by atoms with Crippen molar-refractivity contribution in [2.24, 2.45) is 0 Å². The minimum atomic E-state index is -1.24. The molecule has 0 bridgehead atoms. The van der Waals surface area contributed by atoms with E-state index in [1.54, 1.807) is 4.68 Å². The van der Waals surface area contributed by atoms with Crippen LogP contribution in [0, 0.1) is 6.92 Å². The Labute approximate surface area is 95.2 Å². The van der Waals surface area contributed by atoms with Crippen molar-refractivity contribution in [2.45, 2.75) is 6.92 Å². The Hall–Kier alpha value is -1.82. The van der Waals surface area contributed by atoms with Gasteiger partial charge < -0.3 is 0 Å². The maximum absolute atomic E-state index is 11.3. The summed E-state index contributed by atoms with van der Waals surface area (Å²) in [6, 6.07) is 9.74. The van der Waals surface area contributed by atoms with Gasteiger partial charge >= 0.3 is 0 Å². The van der Waals surface area contributed by atoms with E-state index in [0.29, 0.717) is 0 Å². The van der Waals surface area contributed by atoms with E-state index < -0.39 is 11.2 Å². The maximum Gasteiger partial charge on any atom is 0.221 e. The molecule has 2 aromatic rings. The Morgan fingerprint density at radius 1 is 1.25 bits per heavy atom. The van der Waals surface area contributed by atoms with Crippen LogP contribution in [0.2, 0.25) is 0 Å². The summed E-state index contributed by atoms with van der Waals surface area (Å²) in [4.78, 5) is 0. The molecule has 1 aliphatic heterocycles. The molecule has 0 fully saturated rings. The van der Waals surface area contributed by atoms with E-state index in [0.717, 1.165) is 22.9 Å². The van der Waals surface area contributed by atoms with Crippen molar-refractivity contribution in [1.82, 2.24) is 9.78 Å². The first-order valence-corrected chi connectivity index (χ1v) is 6.01. The second-order valence-electron chi connectivity index (χ2n) is 3.53. The molecular weight excluding hydrogens is 224 g/mol. The van der Waals surface area contributed by atoms with Crippen LogP contribution in [0.3, 0.4) is 0 Å². The smallest absolute Gasteiger partial charge is 0.221 e. The predicted octanol–water partition coefficient (Wildman–Crippen LogP) is 1.60. The minimum absolute atomic E-state index is 0.752. The summed E-state index contributed by atoms with van der Waals surface area (Å²) in [7, 11) is 0. The van der Waals surface area contributed by atoms with Crippen molar-refractivity contribution in [1.29, 1.82) is 0 Å². The number of rotatable bonds is 1. The third-order valence-corrected chi connectivity index (χ3v) is 3.21. The molecule has 16 heavy (non-hydrogen) atoms. The minimum Gasteiger partial charge on any atom is -0.282 e. The largest absolute Gasteiger partial charge is 0.282 e. The van der Waals surface area contributed by atoms with Gasteiger partial charge in [0.2, 0.25) is 11.2 Å². The average molecular weight is 234 g/mol. The molecule has 2 N–H and O–H groups in total. The van der Waals surface area contributed by atoms with Crippen LogP contribution >= 0.6 is 0 Å². The van der Waals surface area contributed by atoms with Gasteiger partial charge in [-0.3, -0.25) is 9.44 Å². The number of fused-ring (bicyclic) bond motifs is 1. The maximum atomic E-state index is 11.3. The Kier molecular flexibility index (Phi) is 1.97. The number of hydrogen-bond acceptors (Lipinski definition) is 2. The van der Waals surface area contributed by atoms with Gasteiger partial charge in [-0.15, -0.1) is 0 Å². The number of benzene rings is 1. The monoisotopic (exact) mass is 234 g/mol. The number of aromatic nitrogens is 2. The van der Waals surface area contributed by atoms with Crippen LogP contribution in [0.4, 0.5) is 11.5 Å². The molecule has 0 unspecified atom stereocenters. The van der Waals surface area contributed by atoms with E-state index in [2.05, 4.69) is 14.5 Å². The molecule has 0 amide bonds. The van der Waals surface area contributed by atoms with Crippen LogP contribution in [0.15, 0.2) is 30.3 Å². The molecule has 82 valence electrons. The normalized spacial score (nSPS) is 17.7. The molecule has 2 heterocycles. The molecule has 5 nitrogen and oxygen atoms in total. The second kappa shape index (κ2) is 3.34. The van der Waals surface area contributed by atoms with Gasteiger partial charge in [0.15, 0.2) is 5.82 Å². The highest BCUT2D eigenvalue weighted by molar-refractivity contribution is 7.88. The van der Waals surface area contributed by atoms with Crippen LogP contribution in [0.1, 0.15) is 5.69 Å². The van der Waals surface area contributed by atoms with Gasteiger partial charge in [-0.25, -0.2) is 8.89 Å². The number of para-hydroxylation sites is 1. The summed E-state index contributed by atoms with van der Waals surface area (Å²) >= 11 is -1.24. The Morgan fingerprint density at radius 3 is 2.75 bits per heavy atom. The van der Waals surface area contributed by atoms with Crippen molar-refractivity contribution in [3.8, 4) is 5.69 Å². The van der Waals surface area contributed by atoms with Gasteiger partial charge in [0.1, 0.15) is 5.69 Å². The zero-order valence-electron chi connectivity index (χ0n) is 8.60. The van der Waals surface area contributed by atoms with Crippen molar-refractivity contribution in [2.75, 3.05) is 9.44 Å². The molecule has 1 aliphatic rings. The summed E-state index contributed by atoms with van der Waals surface area (Å²) in [5, 5.41) is 4.39. The molecule has 0 radical (unpaired) electrons. The molecule has 1 aromatic carbocycles. The first-order valence-electron chi connectivity index (χ1n) is 4.86. The van der Waals surface area contributed by atoms with Crippen LogP contribution < -0.4 is 9.44 Å².